The van der Waals surface area contributed by atoms with Crippen LogP contribution in [0.15, 0.2) is 30.7 Å². The van der Waals surface area contributed by atoms with Crippen LogP contribution in [0.4, 0.5) is 4.39 Å². The molecule has 3 rings (SSSR count). The molecule has 1 aliphatic heterocycles. The van der Waals surface area contributed by atoms with Crippen LogP contribution in [0, 0.1) is 12.7 Å². The van der Waals surface area contributed by atoms with Crippen molar-refractivity contribution in [1.29, 1.82) is 0 Å². The molecule has 3 nitrogen and oxygen atoms in total. The van der Waals surface area contributed by atoms with Crippen molar-refractivity contribution in [3.05, 3.63) is 47.8 Å². The van der Waals surface area contributed by atoms with Crippen molar-refractivity contribution >= 4 is 0 Å². The van der Waals surface area contributed by atoms with Crippen molar-refractivity contribution in [2.45, 2.75) is 19.3 Å². The van der Waals surface area contributed by atoms with E-state index in [9.17, 15) is 4.39 Å². The number of halogens is 1. The molecule has 0 radical (unpaired) electrons. The zero-order valence-corrected chi connectivity index (χ0v) is 10.4. The molecular weight excluding hydrogens is 229 g/mol. The molecule has 1 saturated heterocycles. The van der Waals surface area contributed by atoms with Crippen LogP contribution in [0.1, 0.15) is 23.6 Å². The number of nitrogens with zero attached hydrogens (tertiary/aromatic N) is 2. The van der Waals surface area contributed by atoms with E-state index >= 15 is 0 Å². The Bertz CT molecular complexity index is 556. The second-order valence-electron chi connectivity index (χ2n) is 4.83. The molecule has 4 heteroatoms. The van der Waals surface area contributed by atoms with Gasteiger partial charge in [0.25, 0.3) is 0 Å². The van der Waals surface area contributed by atoms with Gasteiger partial charge in [0.1, 0.15) is 5.82 Å². The Morgan fingerprint density at radius 1 is 1.44 bits per heavy atom. The fourth-order valence-electron chi connectivity index (χ4n) is 2.52. The summed E-state index contributed by atoms with van der Waals surface area (Å²) in [6.45, 7) is 3.93. The number of rotatable bonds is 2. The second kappa shape index (κ2) is 4.53. The van der Waals surface area contributed by atoms with Gasteiger partial charge in [0.15, 0.2) is 0 Å². The molecule has 0 spiro atoms. The van der Waals surface area contributed by atoms with Crippen LogP contribution in [0.25, 0.3) is 5.69 Å². The summed E-state index contributed by atoms with van der Waals surface area (Å²) >= 11 is 0. The number of aryl methyl sites for hydroxylation is 1. The lowest BCUT2D eigenvalue weighted by molar-refractivity contribution is 0.610. The van der Waals surface area contributed by atoms with E-state index in [1.54, 1.807) is 12.4 Å². The first kappa shape index (κ1) is 11.4. The van der Waals surface area contributed by atoms with Gasteiger partial charge in [-0.2, -0.15) is 0 Å². The standard InChI is InChI=1S/C14H16FN3/c1-10-2-3-12(15)13(6-10)18-9-17-8-14(18)11-4-5-16-7-11/h2-3,6,8-9,11,16H,4-5,7H2,1H3. The number of aromatic nitrogens is 2. The quantitative estimate of drug-likeness (QED) is 0.880. The molecule has 2 aromatic rings. The number of hydrogen-bond acceptors (Lipinski definition) is 2. The van der Waals surface area contributed by atoms with Gasteiger partial charge in [-0.25, -0.2) is 9.37 Å². The fraction of sp³-hybridized carbons (Fsp3) is 0.357. The molecule has 0 amide bonds. The highest BCUT2D eigenvalue weighted by molar-refractivity contribution is 5.39. The molecule has 2 heterocycles. The van der Waals surface area contributed by atoms with Crippen LogP contribution in [0.3, 0.4) is 0 Å². The molecule has 1 unspecified atom stereocenters. The van der Waals surface area contributed by atoms with Gasteiger partial charge in [-0.15, -0.1) is 0 Å². The van der Waals surface area contributed by atoms with E-state index in [4.69, 9.17) is 0 Å². The first-order chi connectivity index (χ1) is 8.75. The van der Waals surface area contributed by atoms with Gasteiger partial charge in [-0.3, -0.25) is 0 Å². The molecule has 0 aliphatic carbocycles. The Hall–Kier alpha value is -1.68. The topological polar surface area (TPSA) is 29.9 Å². The Labute approximate surface area is 106 Å². The summed E-state index contributed by atoms with van der Waals surface area (Å²) < 4.78 is 15.8. The highest BCUT2D eigenvalue weighted by Crippen LogP contribution is 2.26. The fourth-order valence-corrected chi connectivity index (χ4v) is 2.52. The molecule has 1 aromatic heterocycles. The van der Waals surface area contributed by atoms with Crippen LogP contribution >= 0.6 is 0 Å². The lowest BCUT2D eigenvalue weighted by atomic mass is 10.1. The van der Waals surface area contributed by atoms with Crippen LogP contribution in [-0.2, 0) is 0 Å². The Balaban J connectivity index is 2.06. The lowest BCUT2D eigenvalue weighted by Crippen LogP contribution is -2.11. The molecule has 1 aliphatic rings. The van der Waals surface area contributed by atoms with Gasteiger partial charge >= 0.3 is 0 Å². The largest absolute Gasteiger partial charge is 0.316 e. The van der Waals surface area contributed by atoms with Crippen molar-refractivity contribution in [3.8, 4) is 5.69 Å². The third-order valence-corrected chi connectivity index (χ3v) is 3.51. The highest BCUT2D eigenvalue weighted by atomic mass is 19.1. The van der Waals surface area contributed by atoms with Crippen molar-refractivity contribution in [2.24, 2.45) is 0 Å². The van der Waals surface area contributed by atoms with E-state index < -0.39 is 0 Å². The van der Waals surface area contributed by atoms with E-state index in [-0.39, 0.29) is 5.82 Å². The maximum absolute atomic E-state index is 13.9. The zero-order chi connectivity index (χ0) is 12.5. The van der Waals surface area contributed by atoms with E-state index in [2.05, 4.69) is 10.3 Å². The smallest absolute Gasteiger partial charge is 0.147 e. The summed E-state index contributed by atoms with van der Waals surface area (Å²) in [5.74, 6) is 0.221. The van der Waals surface area contributed by atoms with Crippen molar-refractivity contribution in [3.63, 3.8) is 0 Å². The molecule has 18 heavy (non-hydrogen) atoms. The molecule has 1 atom stereocenters. The van der Waals surface area contributed by atoms with Crippen LogP contribution < -0.4 is 5.32 Å². The van der Waals surface area contributed by atoms with E-state index in [0.717, 1.165) is 30.8 Å². The molecule has 0 bridgehead atoms. The first-order valence-corrected chi connectivity index (χ1v) is 6.25. The number of hydrogen-bond donors (Lipinski definition) is 1. The molecule has 1 N–H and O–H groups in total. The van der Waals surface area contributed by atoms with Crippen LogP contribution in [-0.4, -0.2) is 22.6 Å². The minimum absolute atomic E-state index is 0.203. The summed E-state index contributed by atoms with van der Waals surface area (Å²) in [5, 5.41) is 3.33. The van der Waals surface area contributed by atoms with Crippen molar-refractivity contribution < 1.29 is 4.39 Å². The minimum atomic E-state index is -0.203. The average Bonchev–Trinajstić information content (AvgIpc) is 3.00. The summed E-state index contributed by atoms with van der Waals surface area (Å²) in [4.78, 5) is 4.18. The van der Waals surface area contributed by atoms with E-state index in [1.165, 1.54) is 6.07 Å². The van der Waals surface area contributed by atoms with Gasteiger partial charge in [0.2, 0.25) is 0 Å². The normalized spacial score (nSPS) is 19.3. The lowest BCUT2D eigenvalue weighted by Gasteiger charge is -2.14. The maximum atomic E-state index is 13.9. The van der Waals surface area contributed by atoms with Gasteiger partial charge in [-0.05, 0) is 37.6 Å². The van der Waals surface area contributed by atoms with Gasteiger partial charge in [-0.1, -0.05) is 6.07 Å². The van der Waals surface area contributed by atoms with Crippen molar-refractivity contribution in [1.82, 2.24) is 14.9 Å². The highest BCUT2D eigenvalue weighted by Gasteiger charge is 2.21. The van der Waals surface area contributed by atoms with Gasteiger partial charge in [0, 0.05) is 24.4 Å². The van der Waals surface area contributed by atoms with Crippen LogP contribution in [0.5, 0.6) is 0 Å². The Kier molecular flexibility index (Phi) is 2.88. The number of imidazole rings is 1. The summed E-state index contributed by atoms with van der Waals surface area (Å²) in [6.07, 6.45) is 4.63. The van der Waals surface area contributed by atoms with Gasteiger partial charge < -0.3 is 9.88 Å². The zero-order valence-electron chi connectivity index (χ0n) is 10.4. The summed E-state index contributed by atoms with van der Waals surface area (Å²) in [5.41, 5.74) is 2.73. The second-order valence-corrected chi connectivity index (χ2v) is 4.83. The molecule has 94 valence electrons. The van der Waals surface area contributed by atoms with Crippen molar-refractivity contribution in [2.75, 3.05) is 13.1 Å². The summed E-state index contributed by atoms with van der Waals surface area (Å²) in [6, 6.07) is 5.16. The third kappa shape index (κ3) is 1.93. The SMILES string of the molecule is Cc1ccc(F)c(-n2cncc2C2CCNC2)c1. The Morgan fingerprint density at radius 2 is 2.33 bits per heavy atom. The first-order valence-electron chi connectivity index (χ1n) is 6.25. The van der Waals surface area contributed by atoms with E-state index in [1.807, 2.05) is 23.8 Å². The third-order valence-electron chi connectivity index (χ3n) is 3.51. The number of nitrogens with one attached hydrogen (secondary N) is 1. The van der Waals surface area contributed by atoms with Gasteiger partial charge in [0.05, 0.1) is 12.0 Å². The van der Waals surface area contributed by atoms with E-state index in [0.29, 0.717) is 11.6 Å². The monoisotopic (exact) mass is 245 g/mol. The maximum Gasteiger partial charge on any atom is 0.147 e. The Morgan fingerprint density at radius 3 is 3.11 bits per heavy atom. The minimum Gasteiger partial charge on any atom is -0.316 e. The molecule has 1 aromatic carbocycles. The predicted octanol–water partition coefficient (Wildman–Crippen LogP) is 2.40. The predicted molar refractivity (Wildman–Crippen MR) is 68.5 cm³/mol. The van der Waals surface area contributed by atoms with Crippen LogP contribution in [0.2, 0.25) is 0 Å². The summed E-state index contributed by atoms with van der Waals surface area (Å²) in [7, 11) is 0. The number of benzene rings is 1. The molecule has 1 fully saturated rings. The average molecular weight is 245 g/mol. The molecular formula is C14H16FN3. The molecule has 0 saturated carbocycles.